The Morgan fingerprint density at radius 2 is 1.97 bits per heavy atom. The van der Waals surface area contributed by atoms with Gasteiger partial charge in [-0.2, -0.15) is 0 Å². The lowest BCUT2D eigenvalue weighted by Crippen LogP contribution is -2.38. The highest BCUT2D eigenvalue weighted by molar-refractivity contribution is 6.01. The number of rotatable bonds is 11. The number of benzene rings is 1. The number of hydrazine groups is 1. The molecule has 0 radical (unpaired) electrons. The Morgan fingerprint density at radius 1 is 1.26 bits per heavy atom. The van der Waals surface area contributed by atoms with Crippen LogP contribution >= 0.6 is 0 Å². The summed E-state index contributed by atoms with van der Waals surface area (Å²) in [6.45, 7) is 14.4. The van der Waals surface area contributed by atoms with E-state index in [0.29, 0.717) is 12.1 Å². The van der Waals surface area contributed by atoms with E-state index in [2.05, 4.69) is 92.2 Å². The number of aryl methyl sites for hydroxylation is 2. The van der Waals surface area contributed by atoms with Crippen molar-refractivity contribution in [2.75, 3.05) is 26.7 Å². The third kappa shape index (κ3) is 6.83. The molecular weight excluding hydrogens is 432 g/mol. The Bertz CT molecular complexity index is 1040. The van der Waals surface area contributed by atoms with E-state index in [1.807, 2.05) is 13.1 Å². The SMILES string of the molecule is C=C(C(=O)C(C)CN)C1=CN(CC2=CC(C)=C(CCc3ccc(C)cc3)N(C)C2)NC1/C=C\CC. The highest BCUT2D eigenvalue weighted by atomic mass is 16.1. The number of nitrogens with one attached hydrogen (secondary N) is 1. The molecule has 0 amide bonds. The summed E-state index contributed by atoms with van der Waals surface area (Å²) in [7, 11) is 2.18. The Kier molecular flexibility index (Phi) is 9.30. The average Bonchev–Trinajstić information content (AvgIpc) is 3.24. The first-order chi connectivity index (χ1) is 16.7. The zero-order valence-corrected chi connectivity index (χ0v) is 22.1. The first kappa shape index (κ1) is 26.7. The third-order valence-electron chi connectivity index (χ3n) is 6.87. The summed E-state index contributed by atoms with van der Waals surface area (Å²) in [6.07, 6.45) is 11.6. The van der Waals surface area contributed by atoms with E-state index in [-0.39, 0.29) is 17.7 Å². The molecule has 0 bridgehead atoms. The summed E-state index contributed by atoms with van der Waals surface area (Å²) < 4.78 is 0. The minimum absolute atomic E-state index is 0.0194. The molecule has 0 saturated heterocycles. The fourth-order valence-corrected chi connectivity index (χ4v) is 4.71. The van der Waals surface area contributed by atoms with E-state index in [0.717, 1.165) is 37.9 Å². The molecule has 2 heterocycles. The van der Waals surface area contributed by atoms with Gasteiger partial charge in [-0.3, -0.25) is 4.79 Å². The molecule has 0 aliphatic carbocycles. The van der Waals surface area contributed by atoms with Crippen LogP contribution in [0.1, 0.15) is 44.7 Å². The Labute approximate surface area is 211 Å². The number of likely N-dealkylation sites (N-methyl/N-ethyl adjacent to an activating group) is 1. The maximum Gasteiger partial charge on any atom is 0.166 e. The van der Waals surface area contributed by atoms with Crippen LogP contribution in [0, 0.1) is 12.8 Å². The van der Waals surface area contributed by atoms with Crippen molar-refractivity contribution in [2.45, 2.75) is 53.0 Å². The fourth-order valence-electron chi connectivity index (χ4n) is 4.71. The molecular formula is C30H42N4O. The van der Waals surface area contributed by atoms with E-state index < -0.39 is 0 Å². The average molecular weight is 475 g/mol. The molecule has 2 atom stereocenters. The van der Waals surface area contributed by atoms with Crippen molar-refractivity contribution in [3.8, 4) is 0 Å². The van der Waals surface area contributed by atoms with Gasteiger partial charge in [0.05, 0.1) is 12.6 Å². The zero-order valence-electron chi connectivity index (χ0n) is 22.1. The largest absolute Gasteiger partial charge is 0.374 e. The topological polar surface area (TPSA) is 61.6 Å². The van der Waals surface area contributed by atoms with E-state index in [4.69, 9.17) is 5.73 Å². The summed E-state index contributed by atoms with van der Waals surface area (Å²) in [4.78, 5) is 15.1. The van der Waals surface area contributed by atoms with Gasteiger partial charge in [-0.25, -0.2) is 5.43 Å². The number of allylic oxidation sites excluding steroid dienone is 4. The van der Waals surface area contributed by atoms with Crippen molar-refractivity contribution in [1.82, 2.24) is 15.3 Å². The smallest absolute Gasteiger partial charge is 0.166 e. The second-order valence-corrected chi connectivity index (χ2v) is 9.91. The number of Topliss-reactive ketones (excluding diaryl/α,β-unsaturated/α-hetero) is 1. The van der Waals surface area contributed by atoms with Gasteiger partial charge < -0.3 is 15.6 Å². The van der Waals surface area contributed by atoms with Gasteiger partial charge in [0, 0.05) is 49.1 Å². The summed E-state index contributed by atoms with van der Waals surface area (Å²) in [5.74, 6) is -0.208. The van der Waals surface area contributed by atoms with Gasteiger partial charge in [-0.05, 0) is 49.8 Å². The predicted octanol–water partition coefficient (Wildman–Crippen LogP) is 4.83. The predicted molar refractivity (Wildman–Crippen MR) is 146 cm³/mol. The molecule has 0 aromatic heterocycles. The van der Waals surface area contributed by atoms with Gasteiger partial charge in [-0.15, -0.1) is 0 Å². The van der Waals surface area contributed by atoms with E-state index >= 15 is 0 Å². The number of ketones is 1. The summed E-state index contributed by atoms with van der Waals surface area (Å²) in [5, 5.41) is 2.09. The highest BCUT2D eigenvalue weighted by Crippen LogP contribution is 2.27. The Hall–Kier alpha value is -2.89. The molecule has 2 aliphatic rings. The van der Waals surface area contributed by atoms with E-state index in [9.17, 15) is 4.79 Å². The fraction of sp³-hybridized carbons (Fsp3) is 0.433. The molecule has 1 aromatic carbocycles. The minimum atomic E-state index is -0.228. The van der Waals surface area contributed by atoms with Crippen LogP contribution in [0.2, 0.25) is 0 Å². The van der Waals surface area contributed by atoms with Crippen molar-refractivity contribution >= 4 is 5.78 Å². The van der Waals surface area contributed by atoms with Crippen molar-refractivity contribution in [3.05, 3.63) is 94.4 Å². The van der Waals surface area contributed by atoms with Gasteiger partial charge in [0.25, 0.3) is 0 Å². The van der Waals surface area contributed by atoms with Crippen molar-refractivity contribution in [1.29, 1.82) is 0 Å². The molecule has 0 spiro atoms. The quantitative estimate of drug-likeness (QED) is 0.355. The number of carbonyl (C=O) groups is 1. The highest BCUT2D eigenvalue weighted by Gasteiger charge is 2.29. The van der Waals surface area contributed by atoms with Gasteiger partial charge in [0.1, 0.15) is 0 Å². The normalized spacial score (nSPS) is 19.3. The molecule has 3 rings (SSSR count). The van der Waals surface area contributed by atoms with E-state index in [1.165, 1.54) is 28.0 Å². The zero-order chi connectivity index (χ0) is 25.5. The molecule has 0 fully saturated rings. The van der Waals surface area contributed by atoms with Crippen molar-refractivity contribution < 1.29 is 4.79 Å². The number of hydrogen-bond acceptors (Lipinski definition) is 5. The molecule has 35 heavy (non-hydrogen) atoms. The Balaban J connectivity index is 1.72. The minimum Gasteiger partial charge on any atom is -0.374 e. The van der Waals surface area contributed by atoms with Crippen LogP contribution in [-0.4, -0.2) is 48.4 Å². The first-order valence-electron chi connectivity index (χ1n) is 12.7. The number of carbonyl (C=O) groups excluding carboxylic acids is 1. The first-order valence-corrected chi connectivity index (χ1v) is 12.7. The molecule has 0 saturated carbocycles. The van der Waals surface area contributed by atoms with Gasteiger partial charge in [-0.1, -0.05) is 68.5 Å². The third-order valence-corrected chi connectivity index (χ3v) is 6.87. The lowest BCUT2D eigenvalue weighted by Gasteiger charge is -2.31. The maximum absolute atomic E-state index is 12.8. The summed E-state index contributed by atoms with van der Waals surface area (Å²) in [6, 6.07) is 8.78. The number of nitrogens with two attached hydrogens (primary N) is 1. The molecule has 1 aromatic rings. The lowest BCUT2D eigenvalue weighted by atomic mass is 9.92. The van der Waals surface area contributed by atoms with E-state index in [1.54, 1.807) is 0 Å². The molecule has 2 unspecified atom stereocenters. The molecule has 2 aliphatic heterocycles. The Morgan fingerprint density at radius 3 is 2.60 bits per heavy atom. The molecule has 5 nitrogen and oxygen atoms in total. The second-order valence-electron chi connectivity index (χ2n) is 9.91. The van der Waals surface area contributed by atoms with Crippen LogP contribution in [0.4, 0.5) is 0 Å². The summed E-state index contributed by atoms with van der Waals surface area (Å²) >= 11 is 0. The number of nitrogens with zero attached hydrogens (tertiary/aromatic N) is 2. The van der Waals surface area contributed by atoms with Crippen LogP contribution < -0.4 is 11.2 Å². The second kappa shape index (κ2) is 12.2. The van der Waals surface area contributed by atoms with Gasteiger partial charge in [0.15, 0.2) is 5.78 Å². The van der Waals surface area contributed by atoms with Crippen LogP contribution in [-0.2, 0) is 11.2 Å². The number of hydrogen-bond donors (Lipinski definition) is 2. The van der Waals surface area contributed by atoms with Crippen molar-refractivity contribution in [2.24, 2.45) is 11.7 Å². The van der Waals surface area contributed by atoms with Gasteiger partial charge in [0.2, 0.25) is 0 Å². The monoisotopic (exact) mass is 474 g/mol. The summed E-state index contributed by atoms with van der Waals surface area (Å²) in [5.41, 5.74) is 17.5. The van der Waals surface area contributed by atoms with Crippen LogP contribution in [0.3, 0.4) is 0 Å². The lowest BCUT2D eigenvalue weighted by molar-refractivity contribution is -0.118. The molecule has 188 valence electrons. The van der Waals surface area contributed by atoms with Crippen LogP contribution in [0.15, 0.2) is 83.3 Å². The van der Waals surface area contributed by atoms with Crippen LogP contribution in [0.5, 0.6) is 0 Å². The molecule has 5 heteroatoms. The molecule has 3 N–H and O–H groups in total. The van der Waals surface area contributed by atoms with Crippen molar-refractivity contribution in [3.63, 3.8) is 0 Å². The maximum atomic E-state index is 12.8. The van der Waals surface area contributed by atoms with Crippen LogP contribution in [0.25, 0.3) is 0 Å². The standard InChI is InChI=1S/C30H42N4O/c1-7-8-9-28-27(24(5)30(35)23(4)17-31)20-34(32-28)19-26-16-22(3)29(33(6)18-26)15-14-25-12-10-21(2)11-13-25/h8-13,16,20,23,28,32H,5,7,14-15,17-19,31H2,1-4,6H3/b9-8-. The van der Waals surface area contributed by atoms with Gasteiger partial charge >= 0.3 is 0 Å².